The van der Waals surface area contributed by atoms with Gasteiger partial charge in [0.1, 0.15) is 11.3 Å². The van der Waals surface area contributed by atoms with Crippen LogP contribution >= 0.6 is 23.2 Å². The fourth-order valence-corrected chi connectivity index (χ4v) is 2.42. The number of benzene rings is 1. The van der Waals surface area contributed by atoms with Gasteiger partial charge in [0.05, 0.1) is 16.1 Å². The number of pyridine rings is 1. The van der Waals surface area contributed by atoms with E-state index in [-0.39, 0.29) is 10.4 Å². The highest BCUT2D eigenvalue weighted by atomic mass is 35.5. The molecule has 0 radical (unpaired) electrons. The Bertz CT molecular complexity index is 783. The second-order valence-electron chi connectivity index (χ2n) is 4.34. The molecule has 6 heteroatoms. The number of fused-ring (bicyclic) bond motifs is 1. The summed E-state index contributed by atoms with van der Waals surface area (Å²) in [5, 5.41) is -0.337. The molecule has 0 saturated heterocycles. The Labute approximate surface area is 125 Å². The largest absolute Gasteiger partial charge is 0.276 e. The first-order valence-corrected chi connectivity index (χ1v) is 6.83. The van der Waals surface area contributed by atoms with Gasteiger partial charge in [-0.2, -0.15) is 0 Å². The van der Waals surface area contributed by atoms with Gasteiger partial charge in [-0.05, 0) is 31.2 Å². The standard InChI is InChI=1S/C14H10Cl2FN3/c1-8(15)13-19-10-5-3-7-18-14(10)20(13)11-6-2-4-9(16)12(11)17/h2-8H,1H3. The smallest absolute Gasteiger partial charge is 0.165 e. The van der Waals surface area contributed by atoms with Crippen LogP contribution in [0.3, 0.4) is 0 Å². The lowest BCUT2D eigenvalue weighted by Crippen LogP contribution is -2.05. The molecular weight excluding hydrogens is 300 g/mol. The molecule has 3 nitrogen and oxygen atoms in total. The molecular formula is C14H10Cl2FN3. The SMILES string of the molecule is CC(Cl)c1nc2cccnc2n1-c1cccc(Cl)c1F. The van der Waals surface area contributed by atoms with Gasteiger partial charge in [0.15, 0.2) is 11.5 Å². The summed E-state index contributed by atoms with van der Waals surface area (Å²) in [7, 11) is 0. The lowest BCUT2D eigenvalue weighted by atomic mass is 10.3. The zero-order chi connectivity index (χ0) is 14.3. The topological polar surface area (TPSA) is 30.7 Å². The maximum atomic E-state index is 14.3. The van der Waals surface area contributed by atoms with Crippen molar-refractivity contribution in [2.24, 2.45) is 0 Å². The fourth-order valence-electron chi connectivity index (χ4n) is 2.10. The summed E-state index contributed by atoms with van der Waals surface area (Å²) >= 11 is 12.0. The van der Waals surface area contributed by atoms with Crippen LogP contribution in [0.4, 0.5) is 4.39 Å². The molecule has 0 fully saturated rings. The van der Waals surface area contributed by atoms with Gasteiger partial charge in [-0.15, -0.1) is 11.6 Å². The predicted molar refractivity (Wildman–Crippen MR) is 78.1 cm³/mol. The Morgan fingerprint density at radius 3 is 2.80 bits per heavy atom. The Morgan fingerprint density at radius 2 is 2.05 bits per heavy atom. The fraction of sp³-hybridized carbons (Fsp3) is 0.143. The molecule has 3 rings (SSSR count). The molecule has 2 heterocycles. The number of alkyl halides is 1. The Morgan fingerprint density at radius 1 is 1.25 bits per heavy atom. The second kappa shape index (κ2) is 5.04. The normalized spacial score (nSPS) is 12.8. The molecule has 1 unspecified atom stereocenters. The van der Waals surface area contributed by atoms with Gasteiger partial charge in [0.2, 0.25) is 0 Å². The minimum atomic E-state index is -0.516. The van der Waals surface area contributed by atoms with E-state index in [0.717, 1.165) is 0 Å². The van der Waals surface area contributed by atoms with E-state index < -0.39 is 5.82 Å². The molecule has 0 bridgehead atoms. The third-order valence-corrected chi connectivity index (χ3v) is 3.46. The second-order valence-corrected chi connectivity index (χ2v) is 5.40. The molecule has 0 aliphatic carbocycles. The maximum absolute atomic E-state index is 14.3. The van der Waals surface area contributed by atoms with Crippen LogP contribution in [-0.4, -0.2) is 14.5 Å². The van der Waals surface area contributed by atoms with Crippen molar-refractivity contribution in [3.05, 3.63) is 53.2 Å². The minimum Gasteiger partial charge on any atom is -0.276 e. The summed E-state index contributed by atoms with van der Waals surface area (Å²) in [6.07, 6.45) is 1.63. The molecule has 0 aliphatic heterocycles. The van der Waals surface area contributed by atoms with Crippen LogP contribution in [0.2, 0.25) is 5.02 Å². The molecule has 2 aromatic heterocycles. The van der Waals surface area contributed by atoms with Crippen LogP contribution in [0, 0.1) is 5.82 Å². The van der Waals surface area contributed by atoms with Gasteiger partial charge in [0, 0.05) is 6.20 Å². The van der Waals surface area contributed by atoms with Crippen molar-refractivity contribution in [2.45, 2.75) is 12.3 Å². The van der Waals surface area contributed by atoms with E-state index in [9.17, 15) is 4.39 Å². The highest BCUT2D eigenvalue weighted by Crippen LogP contribution is 2.30. The van der Waals surface area contributed by atoms with E-state index in [0.29, 0.717) is 22.7 Å². The van der Waals surface area contributed by atoms with E-state index >= 15 is 0 Å². The quantitative estimate of drug-likeness (QED) is 0.652. The number of nitrogens with zero attached hydrogens (tertiary/aromatic N) is 3. The molecule has 0 amide bonds. The van der Waals surface area contributed by atoms with Gasteiger partial charge >= 0.3 is 0 Å². The average molecular weight is 310 g/mol. The highest BCUT2D eigenvalue weighted by Gasteiger charge is 2.20. The van der Waals surface area contributed by atoms with Gasteiger partial charge in [-0.1, -0.05) is 17.7 Å². The third-order valence-electron chi connectivity index (χ3n) is 2.97. The first-order chi connectivity index (χ1) is 9.59. The Hall–Kier alpha value is -1.65. The van der Waals surface area contributed by atoms with Crippen LogP contribution in [0.5, 0.6) is 0 Å². The molecule has 0 saturated carbocycles. The summed E-state index contributed by atoms with van der Waals surface area (Å²) in [4.78, 5) is 8.68. The van der Waals surface area contributed by atoms with Crippen molar-refractivity contribution < 1.29 is 4.39 Å². The number of hydrogen-bond donors (Lipinski definition) is 0. The van der Waals surface area contributed by atoms with Gasteiger partial charge in [-0.3, -0.25) is 4.57 Å². The Balaban J connectivity index is 2.39. The Kier molecular flexibility index (Phi) is 3.36. The van der Waals surface area contributed by atoms with E-state index in [1.54, 1.807) is 35.9 Å². The van der Waals surface area contributed by atoms with Crippen molar-refractivity contribution in [3.63, 3.8) is 0 Å². The van der Waals surface area contributed by atoms with Crippen molar-refractivity contribution in [1.82, 2.24) is 14.5 Å². The highest BCUT2D eigenvalue weighted by molar-refractivity contribution is 6.30. The van der Waals surface area contributed by atoms with Crippen molar-refractivity contribution in [3.8, 4) is 5.69 Å². The molecule has 0 aliphatic rings. The summed E-state index contributed by atoms with van der Waals surface area (Å²) in [6.45, 7) is 1.78. The lowest BCUT2D eigenvalue weighted by Gasteiger charge is -2.11. The van der Waals surface area contributed by atoms with Crippen molar-refractivity contribution >= 4 is 34.4 Å². The molecule has 102 valence electrons. The minimum absolute atomic E-state index is 0.0495. The number of aromatic nitrogens is 3. The van der Waals surface area contributed by atoms with Crippen LogP contribution in [0.25, 0.3) is 16.9 Å². The third kappa shape index (κ3) is 2.05. The van der Waals surface area contributed by atoms with E-state index in [1.165, 1.54) is 6.07 Å². The predicted octanol–water partition coefficient (Wildman–Crippen LogP) is 4.51. The van der Waals surface area contributed by atoms with Crippen LogP contribution in [0.1, 0.15) is 18.1 Å². The molecule has 1 atom stereocenters. The lowest BCUT2D eigenvalue weighted by molar-refractivity contribution is 0.616. The van der Waals surface area contributed by atoms with Crippen LogP contribution in [-0.2, 0) is 0 Å². The van der Waals surface area contributed by atoms with Crippen LogP contribution in [0.15, 0.2) is 36.5 Å². The van der Waals surface area contributed by atoms with E-state index in [4.69, 9.17) is 23.2 Å². The van der Waals surface area contributed by atoms with E-state index in [2.05, 4.69) is 9.97 Å². The number of rotatable bonds is 2. The molecule has 20 heavy (non-hydrogen) atoms. The van der Waals surface area contributed by atoms with Gasteiger partial charge < -0.3 is 0 Å². The first kappa shape index (κ1) is 13.3. The number of halogens is 3. The molecule has 3 aromatic rings. The maximum Gasteiger partial charge on any atom is 0.165 e. The summed E-state index contributed by atoms with van der Waals surface area (Å²) in [5.41, 5.74) is 1.51. The van der Waals surface area contributed by atoms with Crippen molar-refractivity contribution in [1.29, 1.82) is 0 Å². The first-order valence-electron chi connectivity index (χ1n) is 6.01. The zero-order valence-electron chi connectivity index (χ0n) is 10.5. The monoisotopic (exact) mass is 309 g/mol. The summed E-state index contributed by atoms with van der Waals surface area (Å²) in [5.74, 6) is 0.0132. The molecule has 0 spiro atoms. The van der Waals surface area contributed by atoms with Gasteiger partial charge in [-0.25, -0.2) is 14.4 Å². The summed E-state index contributed by atoms with van der Waals surface area (Å²) in [6, 6.07) is 8.38. The molecule has 0 N–H and O–H groups in total. The van der Waals surface area contributed by atoms with Gasteiger partial charge in [0.25, 0.3) is 0 Å². The van der Waals surface area contributed by atoms with Crippen LogP contribution < -0.4 is 0 Å². The molecule has 1 aromatic carbocycles. The zero-order valence-corrected chi connectivity index (χ0v) is 12.0. The number of hydrogen-bond acceptors (Lipinski definition) is 2. The van der Waals surface area contributed by atoms with Crippen molar-refractivity contribution in [2.75, 3.05) is 0 Å². The number of imidazole rings is 1. The average Bonchev–Trinajstić information content (AvgIpc) is 2.81. The van der Waals surface area contributed by atoms with E-state index in [1.807, 2.05) is 6.07 Å². The summed E-state index contributed by atoms with van der Waals surface area (Å²) < 4.78 is 15.9.